The van der Waals surface area contributed by atoms with Crippen LogP contribution in [0.1, 0.15) is 17.5 Å². The Morgan fingerprint density at radius 1 is 1.04 bits per heavy atom. The smallest absolute Gasteiger partial charge is 0.180 e. The Morgan fingerprint density at radius 2 is 1.81 bits per heavy atom. The van der Waals surface area contributed by atoms with Crippen molar-refractivity contribution in [3.05, 3.63) is 65.7 Å². The molecule has 0 aliphatic carbocycles. The van der Waals surface area contributed by atoms with E-state index in [1.54, 1.807) is 6.21 Å². The van der Waals surface area contributed by atoms with E-state index in [4.69, 9.17) is 5.73 Å². The Hall–Kier alpha value is -2.31. The van der Waals surface area contributed by atoms with Crippen LogP contribution in [-0.2, 0) is 5.75 Å². The van der Waals surface area contributed by atoms with Crippen molar-refractivity contribution >= 4 is 28.8 Å². The summed E-state index contributed by atoms with van der Waals surface area (Å²) in [6.07, 6.45) is 2.95. The average Bonchev–Trinajstić information content (AvgIpc) is 2.92. The molecule has 0 amide bonds. The Kier molecular flexibility index (Phi) is 7.30. The Balaban J connectivity index is 1.51. The topological polar surface area (TPSA) is 57.2 Å². The van der Waals surface area contributed by atoms with Crippen molar-refractivity contribution in [1.29, 1.82) is 0 Å². The first-order valence-corrected chi connectivity index (χ1v) is 10.3. The second-order valence-corrected chi connectivity index (χ2v) is 7.69. The van der Waals surface area contributed by atoms with Gasteiger partial charge in [0.2, 0.25) is 0 Å². The number of anilines is 1. The molecule has 1 aliphatic rings. The van der Waals surface area contributed by atoms with Gasteiger partial charge in [0.1, 0.15) is 0 Å². The van der Waals surface area contributed by atoms with Crippen LogP contribution in [0.5, 0.6) is 0 Å². The van der Waals surface area contributed by atoms with Gasteiger partial charge in [-0.25, -0.2) is 0 Å². The number of nitrogens with zero attached hydrogens (tertiary/aromatic N) is 4. The van der Waals surface area contributed by atoms with E-state index in [1.165, 1.54) is 36.0 Å². The summed E-state index contributed by atoms with van der Waals surface area (Å²) in [5.74, 6) is 0.797. The standard InChI is InChI=1S/C21H27N5S/c1-25-12-5-13-26(15-14-25)20-10-8-18(9-11-20)16-23-24-21(22)27-17-19-6-3-2-4-7-19/h2-4,6-11,16H,5,12-15,17H2,1H3,(H2,22,24). The molecular weight excluding hydrogens is 354 g/mol. The largest absolute Gasteiger partial charge is 0.377 e. The number of thioether (sulfide) groups is 1. The van der Waals surface area contributed by atoms with E-state index in [-0.39, 0.29) is 0 Å². The zero-order valence-electron chi connectivity index (χ0n) is 15.8. The lowest BCUT2D eigenvalue weighted by Gasteiger charge is -2.22. The van der Waals surface area contributed by atoms with Crippen LogP contribution in [0.2, 0.25) is 0 Å². The van der Waals surface area contributed by atoms with E-state index < -0.39 is 0 Å². The minimum atomic E-state index is 0.473. The van der Waals surface area contributed by atoms with Crippen LogP contribution in [0.3, 0.4) is 0 Å². The monoisotopic (exact) mass is 381 g/mol. The van der Waals surface area contributed by atoms with Crippen molar-refractivity contribution in [2.24, 2.45) is 15.9 Å². The van der Waals surface area contributed by atoms with Gasteiger partial charge in [-0.1, -0.05) is 54.2 Å². The lowest BCUT2D eigenvalue weighted by molar-refractivity contribution is 0.360. The zero-order valence-corrected chi connectivity index (χ0v) is 16.6. The molecule has 1 heterocycles. The number of hydrogen-bond donors (Lipinski definition) is 1. The van der Waals surface area contributed by atoms with Gasteiger partial charge in [-0.3, -0.25) is 0 Å². The van der Waals surface area contributed by atoms with Gasteiger partial charge < -0.3 is 15.5 Å². The molecule has 3 rings (SSSR count). The van der Waals surface area contributed by atoms with Crippen molar-refractivity contribution in [3.63, 3.8) is 0 Å². The number of rotatable bonds is 5. The second-order valence-electron chi connectivity index (χ2n) is 6.69. The van der Waals surface area contributed by atoms with Gasteiger partial charge in [-0.2, -0.15) is 5.10 Å². The molecule has 0 spiro atoms. The summed E-state index contributed by atoms with van der Waals surface area (Å²) in [6.45, 7) is 4.46. The van der Waals surface area contributed by atoms with Crippen molar-refractivity contribution in [2.75, 3.05) is 38.1 Å². The van der Waals surface area contributed by atoms with E-state index in [0.717, 1.165) is 31.0 Å². The number of nitrogens with two attached hydrogens (primary N) is 1. The molecule has 0 unspecified atom stereocenters. The lowest BCUT2D eigenvalue weighted by Crippen LogP contribution is -2.28. The fourth-order valence-electron chi connectivity index (χ4n) is 2.99. The highest BCUT2D eigenvalue weighted by Gasteiger charge is 2.12. The molecule has 2 aromatic rings. The normalized spacial score (nSPS) is 16.6. The molecule has 142 valence electrons. The van der Waals surface area contributed by atoms with Gasteiger partial charge in [0.05, 0.1) is 6.21 Å². The molecule has 0 atom stereocenters. The molecule has 1 fully saturated rings. The summed E-state index contributed by atoms with van der Waals surface area (Å²) in [6, 6.07) is 18.7. The molecule has 5 nitrogen and oxygen atoms in total. The first kappa shape index (κ1) is 19.5. The van der Waals surface area contributed by atoms with E-state index in [1.807, 2.05) is 18.2 Å². The summed E-state index contributed by atoms with van der Waals surface area (Å²) >= 11 is 1.49. The molecule has 0 radical (unpaired) electrons. The molecule has 2 N–H and O–H groups in total. The van der Waals surface area contributed by atoms with Gasteiger partial charge in [-0.15, -0.1) is 5.10 Å². The summed E-state index contributed by atoms with van der Waals surface area (Å²) < 4.78 is 0. The molecule has 6 heteroatoms. The molecule has 1 saturated heterocycles. The summed E-state index contributed by atoms with van der Waals surface area (Å²) in [5, 5.41) is 8.67. The van der Waals surface area contributed by atoms with Gasteiger partial charge in [0.15, 0.2) is 5.17 Å². The SMILES string of the molecule is CN1CCCN(c2ccc(C=NN=C(N)SCc3ccccc3)cc2)CC1. The number of amidine groups is 1. The Labute approximate surface area is 166 Å². The van der Waals surface area contributed by atoms with E-state index in [2.05, 4.69) is 63.4 Å². The highest BCUT2D eigenvalue weighted by molar-refractivity contribution is 8.13. The van der Waals surface area contributed by atoms with E-state index >= 15 is 0 Å². The number of hydrogen-bond acceptors (Lipinski definition) is 5. The number of likely N-dealkylation sites (N-methyl/N-ethyl adjacent to an activating group) is 1. The van der Waals surface area contributed by atoms with Crippen molar-refractivity contribution in [2.45, 2.75) is 12.2 Å². The fourth-order valence-corrected chi connectivity index (χ4v) is 3.60. The molecule has 27 heavy (non-hydrogen) atoms. The fraction of sp³-hybridized carbons (Fsp3) is 0.333. The van der Waals surface area contributed by atoms with Crippen LogP contribution >= 0.6 is 11.8 Å². The van der Waals surface area contributed by atoms with Crippen LogP contribution in [-0.4, -0.2) is 49.5 Å². The summed E-state index contributed by atoms with van der Waals surface area (Å²) in [5.41, 5.74) is 9.43. The molecule has 2 aromatic carbocycles. The first-order chi connectivity index (χ1) is 13.2. The molecule has 0 bridgehead atoms. The highest BCUT2D eigenvalue weighted by Crippen LogP contribution is 2.17. The molecular formula is C21H27N5S. The third-order valence-corrected chi connectivity index (χ3v) is 5.43. The molecule has 0 saturated carbocycles. The van der Waals surface area contributed by atoms with Crippen LogP contribution in [0.25, 0.3) is 0 Å². The van der Waals surface area contributed by atoms with E-state index in [9.17, 15) is 0 Å². The van der Waals surface area contributed by atoms with Gasteiger partial charge in [0.25, 0.3) is 0 Å². The third kappa shape index (κ3) is 6.41. The summed E-state index contributed by atoms with van der Waals surface area (Å²) in [7, 11) is 2.19. The van der Waals surface area contributed by atoms with Crippen molar-refractivity contribution in [1.82, 2.24) is 4.90 Å². The van der Waals surface area contributed by atoms with Crippen molar-refractivity contribution < 1.29 is 0 Å². The molecule has 1 aliphatic heterocycles. The Morgan fingerprint density at radius 3 is 2.59 bits per heavy atom. The maximum absolute atomic E-state index is 5.92. The minimum absolute atomic E-state index is 0.473. The van der Waals surface area contributed by atoms with Gasteiger partial charge in [0, 0.05) is 31.1 Å². The quantitative estimate of drug-likeness (QED) is 0.490. The lowest BCUT2D eigenvalue weighted by atomic mass is 10.2. The van der Waals surface area contributed by atoms with Crippen LogP contribution in [0.4, 0.5) is 5.69 Å². The second kappa shape index (κ2) is 10.1. The zero-order chi connectivity index (χ0) is 18.9. The average molecular weight is 382 g/mol. The third-order valence-electron chi connectivity index (χ3n) is 4.57. The predicted octanol–water partition coefficient (Wildman–Crippen LogP) is 3.41. The Bertz CT molecular complexity index is 758. The highest BCUT2D eigenvalue weighted by atomic mass is 32.2. The predicted molar refractivity (Wildman–Crippen MR) is 118 cm³/mol. The van der Waals surface area contributed by atoms with Crippen LogP contribution in [0.15, 0.2) is 64.8 Å². The maximum Gasteiger partial charge on any atom is 0.180 e. The minimum Gasteiger partial charge on any atom is -0.377 e. The van der Waals surface area contributed by atoms with Gasteiger partial charge >= 0.3 is 0 Å². The van der Waals surface area contributed by atoms with Crippen molar-refractivity contribution in [3.8, 4) is 0 Å². The summed E-state index contributed by atoms with van der Waals surface area (Å²) in [4.78, 5) is 4.83. The molecule has 0 aromatic heterocycles. The van der Waals surface area contributed by atoms with Crippen LogP contribution < -0.4 is 10.6 Å². The number of benzene rings is 2. The van der Waals surface area contributed by atoms with E-state index in [0.29, 0.717) is 5.17 Å². The van der Waals surface area contributed by atoms with Gasteiger partial charge in [-0.05, 0) is 43.3 Å². The maximum atomic E-state index is 5.92. The van der Waals surface area contributed by atoms with Crippen LogP contribution in [0, 0.1) is 0 Å². The first-order valence-electron chi connectivity index (χ1n) is 9.27.